The van der Waals surface area contributed by atoms with Crippen LogP contribution in [0.3, 0.4) is 0 Å². The van der Waals surface area contributed by atoms with Crippen LogP contribution in [0.15, 0.2) is 60.8 Å². The normalized spacial score (nSPS) is 16.0. The van der Waals surface area contributed by atoms with E-state index < -0.39 is 11.6 Å². The molecule has 1 aliphatic heterocycles. The number of hydrogen-bond acceptors (Lipinski definition) is 3. The van der Waals surface area contributed by atoms with Crippen LogP contribution in [0.2, 0.25) is 0 Å². The van der Waals surface area contributed by atoms with Crippen LogP contribution in [0.1, 0.15) is 37.8 Å². The van der Waals surface area contributed by atoms with E-state index in [1.54, 1.807) is 13.8 Å². The van der Waals surface area contributed by atoms with Gasteiger partial charge in [-0.05, 0) is 56.2 Å². The molecular formula is C27H34N4O2. The molecule has 0 saturated carbocycles. The van der Waals surface area contributed by atoms with Gasteiger partial charge in [0.05, 0.1) is 5.54 Å². The van der Waals surface area contributed by atoms with Crippen LogP contribution in [-0.4, -0.2) is 46.4 Å². The van der Waals surface area contributed by atoms with E-state index in [0.717, 1.165) is 35.7 Å². The number of carbonyl (C=O) groups is 2. The SMILES string of the molecule is CC(C)(N)C(=O)N[C@H](Cc1c[nH]c2ccccc12)C(=O)N1CCC(Cc2ccccc2)CC1. The topological polar surface area (TPSA) is 91.2 Å². The third-order valence-corrected chi connectivity index (χ3v) is 6.58. The van der Waals surface area contributed by atoms with Crippen molar-refractivity contribution in [2.45, 2.75) is 51.1 Å². The summed E-state index contributed by atoms with van der Waals surface area (Å²) in [5, 5.41) is 4.01. The van der Waals surface area contributed by atoms with E-state index in [4.69, 9.17) is 5.73 Å². The fourth-order valence-corrected chi connectivity index (χ4v) is 4.59. The first-order valence-electron chi connectivity index (χ1n) is 11.8. The Bertz CT molecular complexity index is 1090. The molecular weight excluding hydrogens is 412 g/mol. The first-order valence-corrected chi connectivity index (χ1v) is 11.8. The second-order valence-corrected chi connectivity index (χ2v) is 9.77. The molecule has 3 aromatic rings. The van der Waals surface area contributed by atoms with E-state index in [-0.39, 0.29) is 11.8 Å². The van der Waals surface area contributed by atoms with Gasteiger partial charge in [0.1, 0.15) is 6.04 Å². The number of aromatic amines is 1. The molecule has 2 amide bonds. The average molecular weight is 447 g/mol. The van der Waals surface area contributed by atoms with E-state index in [2.05, 4.69) is 34.6 Å². The zero-order chi connectivity index (χ0) is 23.4. The molecule has 33 heavy (non-hydrogen) atoms. The molecule has 2 aromatic carbocycles. The van der Waals surface area contributed by atoms with Crippen LogP contribution < -0.4 is 11.1 Å². The highest BCUT2D eigenvalue weighted by molar-refractivity contribution is 5.92. The summed E-state index contributed by atoms with van der Waals surface area (Å²) in [6.45, 7) is 4.74. The van der Waals surface area contributed by atoms with Crippen LogP contribution in [-0.2, 0) is 22.4 Å². The number of nitrogens with zero attached hydrogens (tertiary/aromatic N) is 1. The summed E-state index contributed by atoms with van der Waals surface area (Å²) in [5.74, 6) is 0.219. The van der Waals surface area contributed by atoms with E-state index in [0.29, 0.717) is 25.4 Å². The molecule has 1 saturated heterocycles. The largest absolute Gasteiger partial charge is 0.361 e. The molecule has 6 heteroatoms. The molecule has 0 aliphatic carbocycles. The number of carbonyl (C=O) groups excluding carboxylic acids is 2. The average Bonchev–Trinajstić information content (AvgIpc) is 3.21. The van der Waals surface area contributed by atoms with Crippen molar-refractivity contribution in [2.75, 3.05) is 13.1 Å². The molecule has 0 unspecified atom stereocenters. The van der Waals surface area contributed by atoms with Gasteiger partial charge in [-0.25, -0.2) is 0 Å². The first-order chi connectivity index (χ1) is 15.8. The van der Waals surface area contributed by atoms with Crippen LogP contribution in [0.25, 0.3) is 10.9 Å². The second kappa shape index (κ2) is 9.79. The Hall–Kier alpha value is -3.12. The number of para-hydroxylation sites is 1. The maximum atomic E-state index is 13.5. The van der Waals surface area contributed by atoms with Gasteiger partial charge in [0.25, 0.3) is 0 Å². The Balaban J connectivity index is 1.45. The minimum absolute atomic E-state index is 0.0314. The van der Waals surface area contributed by atoms with Gasteiger partial charge in [-0.3, -0.25) is 9.59 Å². The number of nitrogens with two attached hydrogens (primary N) is 1. The van der Waals surface area contributed by atoms with Crippen LogP contribution in [0.4, 0.5) is 0 Å². The van der Waals surface area contributed by atoms with Crippen molar-refractivity contribution >= 4 is 22.7 Å². The minimum atomic E-state index is -1.05. The van der Waals surface area contributed by atoms with Gasteiger partial charge in [0.15, 0.2) is 0 Å². The van der Waals surface area contributed by atoms with Crippen LogP contribution in [0.5, 0.6) is 0 Å². The standard InChI is InChI=1S/C27H34N4O2/c1-27(2,28)26(33)30-24(17-21-18-29-23-11-7-6-10-22(21)23)25(32)31-14-12-20(13-15-31)16-19-8-4-3-5-9-19/h3-11,18,20,24,29H,12-17,28H2,1-2H3,(H,30,33)/t24-/m1/s1. The number of benzene rings is 2. The van der Waals surface area contributed by atoms with E-state index in [9.17, 15) is 9.59 Å². The molecule has 1 aliphatic rings. The molecule has 0 radical (unpaired) electrons. The molecule has 2 heterocycles. The van der Waals surface area contributed by atoms with Gasteiger partial charge in [0.2, 0.25) is 11.8 Å². The highest BCUT2D eigenvalue weighted by atomic mass is 16.2. The third-order valence-electron chi connectivity index (χ3n) is 6.58. The lowest BCUT2D eigenvalue weighted by Crippen LogP contribution is -2.57. The number of likely N-dealkylation sites (tertiary alicyclic amines) is 1. The number of fused-ring (bicyclic) bond motifs is 1. The number of hydrogen-bond donors (Lipinski definition) is 3. The number of H-pyrrole nitrogens is 1. The van der Waals surface area contributed by atoms with Crippen molar-refractivity contribution in [1.82, 2.24) is 15.2 Å². The van der Waals surface area contributed by atoms with Crippen molar-refractivity contribution in [3.63, 3.8) is 0 Å². The fraction of sp³-hybridized carbons (Fsp3) is 0.407. The van der Waals surface area contributed by atoms with Gasteiger partial charge in [-0.1, -0.05) is 48.5 Å². The van der Waals surface area contributed by atoms with E-state index in [1.807, 2.05) is 41.4 Å². The Kier molecular flexibility index (Phi) is 6.84. The van der Waals surface area contributed by atoms with Crippen molar-refractivity contribution in [3.05, 3.63) is 71.9 Å². The number of piperidine rings is 1. The lowest BCUT2D eigenvalue weighted by molar-refractivity contribution is -0.138. The van der Waals surface area contributed by atoms with Gasteiger partial charge in [-0.2, -0.15) is 0 Å². The van der Waals surface area contributed by atoms with Crippen molar-refractivity contribution in [1.29, 1.82) is 0 Å². The predicted molar refractivity (Wildman–Crippen MR) is 132 cm³/mol. The maximum Gasteiger partial charge on any atom is 0.245 e. The third kappa shape index (κ3) is 5.63. The molecule has 1 fully saturated rings. The van der Waals surface area contributed by atoms with Crippen LogP contribution >= 0.6 is 0 Å². The van der Waals surface area contributed by atoms with Crippen molar-refractivity contribution < 1.29 is 9.59 Å². The van der Waals surface area contributed by atoms with Gasteiger partial charge in [0, 0.05) is 36.6 Å². The van der Waals surface area contributed by atoms with Crippen LogP contribution in [0, 0.1) is 5.92 Å². The number of aromatic nitrogens is 1. The summed E-state index contributed by atoms with van der Waals surface area (Å²) in [7, 11) is 0. The summed E-state index contributed by atoms with van der Waals surface area (Å²) in [6, 6.07) is 17.9. The zero-order valence-corrected chi connectivity index (χ0v) is 19.5. The lowest BCUT2D eigenvalue weighted by Gasteiger charge is -2.35. The van der Waals surface area contributed by atoms with E-state index in [1.165, 1.54) is 5.56 Å². The highest BCUT2D eigenvalue weighted by Gasteiger charge is 2.33. The second-order valence-electron chi connectivity index (χ2n) is 9.77. The monoisotopic (exact) mass is 446 g/mol. The lowest BCUT2D eigenvalue weighted by atomic mass is 9.89. The predicted octanol–water partition coefficient (Wildman–Crippen LogP) is 3.41. The Labute approximate surface area is 195 Å². The minimum Gasteiger partial charge on any atom is -0.361 e. The molecule has 4 rings (SSSR count). The molecule has 1 atom stereocenters. The Morgan fingerprint density at radius 3 is 2.45 bits per heavy atom. The fourth-order valence-electron chi connectivity index (χ4n) is 4.59. The first kappa shape index (κ1) is 23.1. The van der Waals surface area contributed by atoms with Gasteiger partial charge in [-0.15, -0.1) is 0 Å². The number of nitrogens with one attached hydrogen (secondary N) is 2. The molecule has 4 N–H and O–H groups in total. The van der Waals surface area contributed by atoms with Gasteiger partial charge >= 0.3 is 0 Å². The summed E-state index contributed by atoms with van der Waals surface area (Å²) in [4.78, 5) is 31.4. The summed E-state index contributed by atoms with van der Waals surface area (Å²) >= 11 is 0. The maximum absolute atomic E-state index is 13.5. The summed E-state index contributed by atoms with van der Waals surface area (Å²) < 4.78 is 0. The number of amides is 2. The van der Waals surface area contributed by atoms with E-state index >= 15 is 0 Å². The Morgan fingerprint density at radius 1 is 1.09 bits per heavy atom. The Morgan fingerprint density at radius 2 is 1.76 bits per heavy atom. The quantitative estimate of drug-likeness (QED) is 0.519. The molecule has 0 spiro atoms. The summed E-state index contributed by atoms with van der Waals surface area (Å²) in [6.07, 6.45) is 5.33. The highest BCUT2D eigenvalue weighted by Crippen LogP contribution is 2.24. The van der Waals surface area contributed by atoms with Gasteiger partial charge < -0.3 is 20.9 Å². The summed E-state index contributed by atoms with van der Waals surface area (Å²) in [5.41, 5.74) is 8.34. The smallest absolute Gasteiger partial charge is 0.245 e. The molecule has 174 valence electrons. The molecule has 0 bridgehead atoms. The van der Waals surface area contributed by atoms with Crippen molar-refractivity contribution in [3.8, 4) is 0 Å². The zero-order valence-electron chi connectivity index (χ0n) is 19.5. The van der Waals surface area contributed by atoms with Crippen molar-refractivity contribution in [2.24, 2.45) is 11.7 Å². The molecule has 6 nitrogen and oxygen atoms in total. The number of rotatable bonds is 7. The molecule has 1 aromatic heterocycles.